The third-order valence-corrected chi connectivity index (χ3v) is 4.71. The third-order valence-electron chi connectivity index (χ3n) is 4.71. The molecule has 2 atom stereocenters. The van der Waals surface area contributed by atoms with Crippen LogP contribution in [0.3, 0.4) is 0 Å². The Hall–Kier alpha value is -3.75. The Morgan fingerprint density at radius 3 is 2.29 bits per heavy atom. The molecular weight excluding hydrogens is 400 g/mol. The van der Waals surface area contributed by atoms with Crippen LogP contribution in [0, 0.1) is 10.1 Å². The number of rotatable bonds is 6. The van der Waals surface area contributed by atoms with Gasteiger partial charge in [-0.1, -0.05) is 36.4 Å². The summed E-state index contributed by atoms with van der Waals surface area (Å²) >= 11 is 0. The van der Waals surface area contributed by atoms with E-state index in [-0.39, 0.29) is 24.7 Å². The van der Waals surface area contributed by atoms with Gasteiger partial charge >= 0.3 is 0 Å². The Balaban J connectivity index is 1.53. The first-order valence-corrected chi connectivity index (χ1v) is 9.71. The lowest BCUT2D eigenvalue weighted by Gasteiger charge is -2.37. The van der Waals surface area contributed by atoms with Gasteiger partial charge in [0.25, 0.3) is 11.6 Å². The van der Waals surface area contributed by atoms with Crippen LogP contribution >= 0.6 is 0 Å². The summed E-state index contributed by atoms with van der Waals surface area (Å²) in [5.74, 6) is 0.380. The van der Waals surface area contributed by atoms with Gasteiger partial charge in [0, 0.05) is 23.3 Å². The molecule has 1 fully saturated rings. The number of hydroxylamine groups is 2. The highest BCUT2D eigenvalue weighted by Crippen LogP contribution is 2.29. The molecule has 1 aliphatic heterocycles. The van der Waals surface area contributed by atoms with E-state index >= 15 is 0 Å². The number of non-ortho nitro benzene ring substituents is 1. The standard InChI is InChI=1S/C23H20N2O6/c26-22(17-7-3-1-4-8-17)24-15-21(16-29-20-9-5-2-6-10-20)30-23(31-24)18-11-13-19(14-12-18)25(27)28/h1-14,21,23H,15-16H2/t21-,23-/m1/s1. The number of amides is 1. The largest absolute Gasteiger partial charge is 0.491 e. The van der Waals surface area contributed by atoms with E-state index in [0.717, 1.165) is 0 Å². The molecule has 0 unspecified atom stereocenters. The maximum Gasteiger partial charge on any atom is 0.277 e. The van der Waals surface area contributed by atoms with Crippen LogP contribution in [0.1, 0.15) is 22.2 Å². The zero-order valence-electron chi connectivity index (χ0n) is 16.5. The summed E-state index contributed by atoms with van der Waals surface area (Å²) in [6, 6.07) is 23.9. The van der Waals surface area contributed by atoms with E-state index < -0.39 is 17.3 Å². The Labute approximate surface area is 178 Å². The van der Waals surface area contributed by atoms with Crippen molar-refractivity contribution < 1.29 is 24.0 Å². The molecule has 0 spiro atoms. The number of carbonyl (C=O) groups excluding carboxylic acids is 1. The van der Waals surface area contributed by atoms with Crippen molar-refractivity contribution in [3.05, 3.63) is 106 Å². The topological polar surface area (TPSA) is 91.1 Å². The molecule has 158 valence electrons. The molecule has 4 rings (SSSR count). The average Bonchev–Trinajstić information content (AvgIpc) is 2.83. The molecule has 3 aromatic carbocycles. The van der Waals surface area contributed by atoms with Crippen molar-refractivity contribution in [2.45, 2.75) is 12.4 Å². The highest BCUT2D eigenvalue weighted by atomic mass is 16.8. The van der Waals surface area contributed by atoms with Crippen molar-refractivity contribution >= 4 is 11.6 Å². The van der Waals surface area contributed by atoms with Crippen LogP contribution in [0.5, 0.6) is 5.75 Å². The molecule has 0 aromatic heterocycles. The van der Waals surface area contributed by atoms with E-state index in [9.17, 15) is 14.9 Å². The number of nitro groups is 1. The van der Waals surface area contributed by atoms with Crippen molar-refractivity contribution in [2.75, 3.05) is 13.2 Å². The SMILES string of the molecule is O=C(c1ccccc1)N1C[C@H](COc2ccccc2)O[C@@H](c2ccc([N+](=O)[O-])cc2)O1. The molecule has 31 heavy (non-hydrogen) atoms. The van der Waals surface area contributed by atoms with Crippen molar-refractivity contribution in [3.8, 4) is 5.75 Å². The number of carbonyl (C=O) groups is 1. The van der Waals surface area contributed by atoms with Gasteiger partial charge in [0.05, 0.1) is 11.5 Å². The lowest BCUT2D eigenvalue weighted by atomic mass is 10.2. The van der Waals surface area contributed by atoms with Crippen LogP contribution in [0.25, 0.3) is 0 Å². The maximum atomic E-state index is 13.0. The number of hydrogen-bond acceptors (Lipinski definition) is 6. The van der Waals surface area contributed by atoms with Gasteiger partial charge in [-0.3, -0.25) is 14.9 Å². The van der Waals surface area contributed by atoms with Gasteiger partial charge in [-0.15, -0.1) is 0 Å². The molecular formula is C23H20N2O6. The Bertz CT molecular complexity index is 1030. The first kappa shape index (κ1) is 20.5. The highest BCUT2D eigenvalue weighted by Gasteiger charge is 2.34. The van der Waals surface area contributed by atoms with Gasteiger partial charge in [0.2, 0.25) is 6.29 Å². The van der Waals surface area contributed by atoms with E-state index in [0.29, 0.717) is 16.9 Å². The molecule has 1 aliphatic rings. The number of hydrogen-bond donors (Lipinski definition) is 0. The fourth-order valence-corrected chi connectivity index (χ4v) is 3.13. The summed E-state index contributed by atoms with van der Waals surface area (Å²) in [4.78, 5) is 29.2. The Kier molecular flexibility index (Phi) is 6.21. The van der Waals surface area contributed by atoms with Crippen LogP contribution in [0.4, 0.5) is 5.69 Å². The lowest BCUT2D eigenvalue weighted by Crippen LogP contribution is -2.47. The second kappa shape index (κ2) is 9.38. The van der Waals surface area contributed by atoms with Gasteiger partial charge in [-0.2, -0.15) is 0 Å². The van der Waals surface area contributed by atoms with Gasteiger partial charge < -0.3 is 9.47 Å². The second-order valence-corrected chi connectivity index (χ2v) is 6.90. The van der Waals surface area contributed by atoms with E-state index in [1.54, 1.807) is 36.4 Å². The quantitative estimate of drug-likeness (QED) is 0.440. The van der Waals surface area contributed by atoms with Crippen LogP contribution in [0.15, 0.2) is 84.9 Å². The zero-order chi connectivity index (χ0) is 21.6. The summed E-state index contributed by atoms with van der Waals surface area (Å²) in [5.41, 5.74) is 0.996. The lowest BCUT2D eigenvalue weighted by molar-refractivity contribution is -0.385. The minimum absolute atomic E-state index is 0.0410. The summed E-state index contributed by atoms with van der Waals surface area (Å²) in [5, 5.41) is 12.2. The predicted octanol–water partition coefficient (Wildman–Crippen LogP) is 4.15. The second-order valence-electron chi connectivity index (χ2n) is 6.90. The fourth-order valence-electron chi connectivity index (χ4n) is 3.13. The van der Waals surface area contributed by atoms with Crippen LogP contribution < -0.4 is 4.74 Å². The van der Waals surface area contributed by atoms with Crippen molar-refractivity contribution in [1.82, 2.24) is 5.06 Å². The Morgan fingerprint density at radius 2 is 1.65 bits per heavy atom. The fraction of sp³-hybridized carbons (Fsp3) is 0.174. The molecule has 1 saturated heterocycles. The minimum Gasteiger partial charge on any atom is -0.491 e. The first-order chi connectivity index (χ1) is 15.1. The van der Waals surface area contributed by atoms with Crippen LogP contribution in [-0.2, 0) is 9.57 Å². The molecule has 0 radical (unpaired) electrons. The predicted molar refractivity (Wildman–Crippen MR) is 111 cm³/mol. The van der Waals surface area contributed by atoms with E-state index in [1.165, 1.54) is 17.2 Å². The molecule has 8 heteroatoms. The first-order valence-electron chi connectivity index (χ1n) is 9.71. The molecule has 8 nitrogen and oxygen atoms in total. The summed E-state index contributed by atoms with van der Waals surface area (Å²) in [6.07, 6.45) is -1.38. The van der Waals surface area contributed by atoms with Crippen LogP contribution in [-0.4, -0.2) is 35.1 Å². The summed E-state index contributed by atoms with van der Waals surface area (Å²) in [6.45, 7) is 0.374. The normalized spacial score (nSPS) is 18.4. The van der Waals surface area contributed by atoms with Gasteiger partial charge in [0.15, 0.2) is 0 Å². The molecule has 0 aliphatic carbocycles. The number of nitro benzene ring substituents is 1. The molecule has 0 bridgehead atoms. The van der Waals surface area contributed by atoms with Gasteiger partial charge in [-0.05, 0) is 36.4 Å². The van der Waals surface area contributed by atoms with Gasteiger partial charge in [-0.25, -0.2) is 9.90 Å². The molecule has 0 N–H and O–H groups in total. The monoisotopic (exact) mass is 420 g/mol. The molecule has 1 amide bonds. The van der Waals surface area contributed by atoms with E-state index in [2.05, 4.69) is 0 Å². The molecule has 1 heterocycles. The molecule has 0 saturated carbocycles. The van der Waals surface area contributed by atoms with Crippen LogP contribution in [0.2, 0.25) is 0 Å². The average molecular weight is 420 g/mol. The highest BCUT2D eigenvalue weighted by molar-refractivity contribution is 5.93. The van der Waals surface area contributed by atoms with Crippen molar-refractivity contribution in [2.24, 2.45) is 0 Å². The molecule has 3 aromatic rings. The number of benzene rings is 3. The van der Waals surface area contributed by atoms with E-state index in [1.807, 2.05) is 36.4 Å². The van der Waals surface area contributed by atoms with E-state index in [4.69, 9.17) is 14.3 Å². The number of para-hydroxylation sites is 1. The number of ether oxygens (including phenoxy) is 2. The maximum absolute atomic E-state index is 13.0. The minimum atomic E-state index is -0.911. The smallest absolute Gasteiger partial charge is 0.277 e. The van der Waals surface area contributed by atoms with Crippen molar-refractivity contribution in [1.29, 1.82) is 0 Å². The van der Waals surface area contributed by atoms with Gasteiger partial charge in [0.1, 0.15) is 18.5 Å². The number of nitrogens with zero attached hydrogens (tertiary/aromatic N) is 2. The zero-order valence-corrected chi connectivity index (χ0v) is 16.5. The summed E-state index contributed by atoms with van der Waals surface area (Å²) in [7, 11) is 0. The third kappa shape index (κ3) is 5.06. The Morgan fingerprint density at radius 1 is 1.00 bits per heavy atom. The van der Waals surface area contributed by atoms with Crippen molar-refractivity contribution in [3.63, 3.8) is 0 Å². The summed E-state index contributed by atoms with van der Waals surface area (Å²) < 4.78 is 11.8.